The zero-order valence-corrected chi connectivity index (χ0v) is 22.6. The summed E-state index contributed by atoms with van der Waals surface area (Å²) in [6, 6.07) is 7.51. The molecule has 0 saturated carbocycles. The lowest BCUT2D eigenvalue weighted by molar-refractivity contribution is 0.0977. The van der Waals surface area contributed by atoms with Crippen molar-refractivity contribution < 1.29 is 26.7 Å². The zero-order valence-electron chi connectivity index (χ0n) is 21.0. The third-order valence-electron chi connectivity index (χ3n) is 6.86. The molecule has 0 aliphatic carbocycles. The number of benzene rings is 2. The molecule has 3 rings (SSSR count). The van der Waals surface area contributed by atoms with Crippen LogP contribution in [0.3, 0.4) is 0 Å². The van der Waals surface area contributed by atoms with Gasteiger partial charge in [-0.05, 0) is 80.4 Å². The van der Waals surface area contributed by atoms with E-state index in [1.54, 1.807) is 6.07 Å². The van der Waals surface area contributed by atoms with Crippen LogP contribution >= 0.6 is 11.6 Å². The number of piperidine rings is 1. The molecule has 0 bridgehead atoms. The first-order valence-corrected chi connectivity index (χ1v) is 14.3. The normalized spacial score (nSPS) is 17.0. The maximum atomic E-state index is 14.8. The Morgan fingerprint density at radius 3 is 2.42 bits per heavy atom. The van der Waals surface area contributed by atoms with Gasteiger partial charge in [-0.25, -0.2) is 21.9 Å². The third kappa shape index (κ3) is 7.17. The predicted octanol–water partition coefficient (Wildman–Crippen LogP) is 5.67. The topological polar surface area (TPSA) is 75.7 Å². The van der Waals surface area contributed by atoms with Crippen LogP contribution in [0.25, 0.3) is 0 Å². The molecule has 6 nitrogen and oxygen atoms in total. The molecule has 1 fully saturated rings. The Morgan fingerprint density at radius 2 is 1.83 bits per heavy atom. The quantitative estimate of drug-likeness (QED) is 0.441. The van der Waals surface area contributed by atoms with Gasteiger partial charge < -0.3 is 4.74 Å². The molecule has 1 aliphatic rings. The Labute approximate surface area is 217 Å². The van der Waals surface area contributed by atoms with Gasteiger partial charge in [0.15, 0.2) is 0 Å². The van der Waals surface area contributed by atoms with Gasteiger partial charge in [-0.15, -0.1) is 0 Å². The summed E-state index contributed by atoms with van der Waals surface area (Å²) in [5.74, 6) is -1.66. The number of ether oxygens (including phenoxy) is 1. The van der Waals surface area contributed by atoms with E-state index in [2.05, 4.69) is 4.90 Å². The molecule has 1 heterocycles. The third-order valence-corrected chi connectivity index (χ3v) is 7.73. The first kappa shape index (κ1) is 28.3. The fourth-order valence-electron chi connectivity index (χ4n) is 4.40. The molecular weight excluding hydrogens is 510 g/mol. The number of likely N-dealkylation sites (tertiary alicyclic amines) is 1. The summed E-state index contributed by atoms with van der Waals surface area (Å²) in [6.45, 7) is 7.99. The van der Waals surface area contributed by atoms with Gasteiger partial charge in [-0.1, -0.05) is 31.5 Å². The molecule has 10 heteroatoms. The molecule has 0 spiro atoms. The van der Waals surface area contributed by atoms with Crippen LogP contribution in [0.15, 0.2) is 30.3 Å². The van der Waals surface area contributed by atoms with Crippen molar-refractivity contribution >= 4 is 27.5 Å². The molecule has 0 aromatic heterocycles. The fraction of sp³-hybridized carbons (Fsp3) is 0.500. The van der Waals surface area contributed by atoms with Crippen LogP contribution in [0.2, 0.25) is 5.02 Å². The standard InChI is InChI=1S/C26H33ClF2N2O4S/c1-5-16(2)20-13-21(26(32)30-36(4,33)34)23(28)14-25(20)35-15-18-8-10-31(11-9-18)17(3)19-6-7-22(27)24(29)12-19/h6-7,12-14,16-18H,5,8-11,15H2,1-4H3,(H,30,32)/t16?,17-/m1/s1. The average Bonchev–Trinajstić information content (AvgIpc) is 2.82. The highest BCUT2D eigenvalue weighted by Gasteiger charge is 2.26. The minimum Gasteiger partial charge on any atom is -0.493 e. The minimum atomic E-state index is -3.82. The number of halogens is 3. The van der Waals surface area contributed by atoms with Crippen LogP contribution in [-0.2, 0) is 10.0 Å². The van der Waals surface area contributed by atoms with E-state index in [0.717, 1.165) is 44.2 Å². The van der Waals surface area contributed by atoms with Gasteiger partial charge in [0.25, 0.3) is 5.91 Å². The molecule has 1 unspecified atom stereocenters. The largest absolute Gasteiger partial charge is 0.493 e. The molecule has 1 aliphatic heterocycles. The Hall–Kier alpha value is -2.23. The number of amides is 1. The van der Waals surface area contributed by atoms with Crippen molar-refractivity contribution in [1.29, 1.82) is 0 Å². The lowest BCUT2D eigenvalue weighted by atomic mass is 9.94. The number of carbonyl (C=O) groups excluding carboxylic acids is 1. The number of carbonyl (C=O) groups is 1. The van der Waals surface area contributed by atoms with E-state index < -0.39 is 27.6 Å². The molecule has 1 saturated heterocycles. The summed E-state index contributed by atoms with van der Waals surface area (Å²) in [5, 5.41) is 0.110. The van der Waals surface area contributed by atoms with Gasteiger partial charge in [0, 0.05) is 12.1 Å². The molecule has 1 amide bonds. The number of sulfonamides is 1. The van der Waals surface area contributed by atoms with Crippen molar-refractivity contribution in [2.75, 3.05) is 26.0 Å². The maximum Gasteiger partial charge on any atom is 0.267 e. The van der Waals surface area contributed by atoms with Crippen LogP contribution in [0.4, 0.5) is 8.78 Å². The molecule has 1 N–H and O–H groups in total. The van der Waals surface area contributed by atoms with E-state index in [4.69, 9.17) is 16.3 Å². The SMILES string of the molecule is CCC(C)c1cc(C(=O)NS(C)(=O)=O)c(F)cc1OCC1CCN([C@H](C)c2ccc(Cl)c(F)c2)CC1. The predicted molar refractivity (Wildman–Crippen MR) is 137 cm³/mol. The minimum absolute atomic E-state index is 0.0205. The van der Waals surface area contributed by atoms with Crippen LogP contribution in [0.5, 0.6) is 5.75 Å². The first-order valence-electron chi connectivity index (χ1n) is 12.1. The van der Waals surface area contributed by atoms with E-state index in [9.17, 15) is 22.0 Å². The highest BCUT2D eigenvalue weighted by molar-refractivity contribution is 7.89. The van der Waals surface area contributed by atoms with Crippen molar-refractivity contribution in [3.05, 3.63) is 63.7 Å². The van der Waals surface area contributed by atoms with Crippen molar-refractivity contribution in [3.63, 3.8) is 0 Å². The number of hydrogen-bond donors (Lipinski definition) is 1. The van der Waals surface area contributed by atoms with Crippen LogP contribution in [0.1, 0.15) is 73.5 Å². The average molecular weight is 543 g/mol. The fourth-order valence-corrected chi connectivity index (χ4v) is 4.96. The van der Waals surface area contributed by atoms with E-state index in [1.807, 2.05) is 31.6 Å². The van der Waals surface area contributed by atoms with Crippen molar-refractivity contribution in [2.45, 2.75) is 52.0 Å². The number of rotatable bonds is 9. The van der Waals surface area contributed by atoms with Gasteiger partial charge in [0.1, 0.15) is 17.4 Å². The summed E-state index contributed by atoms with van der Waals surface area (Å²) >= 11 is 5.80. The summed E-state index contributed by atoms with van der Waals surface area (Å²) < 4.78 is 59.3. The van der Waals surface area contributed by atoms with Crippen LogP contribution in [-0.4, -0.2) is 45.2 Å². The van der Waals surface area contributed by atoms with E-state index in [0.29, 0.717) is 17.9 Å². The van der Waals surface area contributed by atoms with Crippen molar-refractivity contribution in [3.8, 4) is 5.75 Å². The maximum absolute atomic E-state index is 14.8. The van der Waals surface area contributed by atoms with E-state index in [-0.39, 0.29) is 28.5 Å². The Bertz CT molecular complexity index is 1200. The highest BCUT2D eigenvalue weighted by atomic mass is 35.5. The molecule has 36 heavy (non-hydrogen) atoms. The van der Waals surface area contributed by atoms with E-state index >= 15 is 0 Å². The smallest absolute Gasteiger partial charge is 0.267 e. The van der Waals surface area contributed by atoms with Crippen molar-refractivity contribution in [1.82, 2.24) is 9.62 Å². The second-order valence-corrected chi connectivity index (χ2v) is 11.7. The van der Waals surface area contributed by atoms with Gasteiger partial charge in [0.2, 0.25) is 10.0 Å². The second-order valence-electron chi connectivity index (χ2n) is 9.52. The summed E-state index contributed by atoms with van der Waals surface area (Å²) in [4.78, 5) is 14.6. The van der Waals surface area contributed by atoms with E-state index in [1.165, 1.54) is 18.2 Å². The first-order chi connectivity index (χ1) is 16.9. The highest BCUT2D eigenvalue weighted by Crippen LogP contribution is 2.33. The molecular formula is C26H33ClF2N2O4S. The monoisotopic (exact) mass is 542 g/mol. The molecule has 2 atom stereocenters. The summed E-state index contributed by atoms with van der Waals surface area (Å²) in [5.41, 5.74) is 1.21. The van der Waals surface area contributed by atoms with Crippen LogP contribution in [0, 0.1) is 17.6 Å². The molecule has 2 aromatic carbocycles. The van der Waals surface area contributed by atoms with Gasteiger partial charge in [0.05, 0.1) is 23.4 Å². The Balaban J connectivity index is 1.66. The lowest BCUT2D eigenvalue weighted by Gasteiger charge is -2.36. The summed E-state index contributed by atoms with van der Waals surface area (Å²) in [6.07, 6.45) is 3.32. The van der Waals surface area contributed by atoms with Gasteiger partial charge >= 0.3 is 0 Å². The van der Waals surface area contributed by atoms with Crippen LogP contribution < -0.4 is 9.46 Å². The molecule has 198 valence electrons. The number of nitrogens with zero attached hydrogens (tertiary/aromatic N) is 1. The Kier molecular flexibility index (Phi) is 9.35. The van der Waals surface area contributed by atoms with Gasteiger partial charge in [-0.2, -0.15) is 0 Å². The zero-order chi connectivity index (χ0) is 26.6. The number of nitrogens with one attached hydrogen (secondary N) is 1. The van der Waals surface area contributed by atoms with Crippen molar-refractivity contribution in [2.24, 2.45) is 5.92 Å². The van der Waals surface area contributed by atoms with Gasteiger partial charge in [-0.3, -0.25) is 9.69 Å². The lowest BCUT2D eigenvalue weighted by Crippen LogP contribution is -2.37. The summed E-state index contributed by atoms with van der Waals surface area (Å²) in [7, 11) is -3.82. The molecule has 0 radical (unpaired) electrons. The number of hydrogen-bond acceptors (Lipinski definition) is 5. The Morgan fingerprint density at radius 1 is 1.17 bits per heavy atom. The second kappa shape index (κ2) is 11.9. The molecule has 2 aromatic rings.